The van der Waals surface area contributed by atoms with E-state index in [1.54, 1.807) is 12.1 Å². The molecule has 4 N–H and O–H groups in total. The highest BCUT2D eigenvalue weighted by Gasteiger charge is 2.08. The fourth-order valence-electron chi connectivity index (χ4n) is 1.06. The van der Waals surface area contributed by atoms with Crippen molar-refractivity contribution in [3.05, 3.63) is 28.8 Å². The van der Waals surface area contributed by atoms with E-state index in [-0.39, 0.29) is 10.8 Å². The molecule has 0 saturated carbocycles. The van der Waals surface area contributed by atoms with Crippen LogP contribution in [0.15, 0.2) is 18.2 Å². The first-order chi connectivity index (χ1) is 6.15. The Bertz CT molecular complexity index is 291. The van der Waals surface area contributed by atoms with Gasteiger partial charge in [0.1, 0.15) is 5.75 Å². The number of phenolic OH excluding ortho intramolecular Hbond substituents is 1. The van der Waals surface area contributed by atoms with Crippen molar-refractivity contribution in [2.75, 3.05) is 6.54 Å². The molecule has 1 aromatic rings. The molecule has 0 aliphatic heterocycles. The molecule has 0 aliphatic carbocycles. The SMILES string of the molecule is NCCC(O)c1ccc(Cl)c(O)c1. The lowest BCUT2D eigenvalue weighted by molar-refractivity contribution is 0.170. The van der Waals surface area contributed by atoms with E-state index in [9.17, 15) is 10.2 Å². The molecule has 0 radical (unpaired) electrons. The van der Waals surface area contributed by atoms with Crippen LogP contribution < -0.4 is 5.73 Å². The number of rotatable bonds is 3. The Hall–Kier alpha value is -0.770. The van der Waals surface area contributed by atoms with Crippen molar-refractivity contribution >= 4 is 11.6 Å². The Balaban J connectivity index is 2.84. The number of halogens is 1. The van der Waals surface area contributed by atoms with Crippen LogP contribution in [0.2, 0.25) is 5.02 Å². The Labute approximate surface area is 81.8 Å². The molecule has 1 unspecified atom stereocenters. The summed E-state index contributed by atoms with van der Waals surface area (Å²) in [5.74, 6) is -0.0183. The zero-order valence-electron chi connectivity index (χ0n) is 7.07. The zero-order valence-corrected chi connectivity index (χ0v) is 7.83. The van der Waals surface area contributed by atoms with Crippen LogP contribution in [-0.2, 0) is 0 Å². The lowest BCUT2D eigenvalue weighted by atomic mass is 10.1. The molecule has 1 aromatic carbocycles. The monoisotopic (exact) mass is 201 g/mol. The fourth-order valence-corrected chi connectivity index (χ4v) is 1.18. The van der Waals surface area contributed by atoms with Crippen molar-refractivity contribution in [1.29, 1.82) is 0 Å². The van der Waals surface area contributed by atoms with E-state index in [0.29, 0.717) is 18.5 Å². The van der Waals surface area contributed by atoms with Gasteiger partial charge in [0.2, 0.25) is 0 Å². The summed E-state index contributed by atoms with van der Waals surface area (Å²) in [4.78, 5) is 0. The predicted octanol–water partition coefficient (Wildman–Crippen LogP) is 1.43. The lowest BCUT2D eigenvalue weighted by Gasteiger charge is -2.09. The summed E-state index contributed by atoms with van der Waals surface area (Å²) in [6, 6.07) is 4.66. The third-order valence-corrected chi connectivity index (χ3v) is 2.11. The molecule has 3 nitrogen and oxygen atoms in total. The number of aliphatic hydroxyl groups is 1. The van der Waals surface area contributed by atoms with Crippen molar-refractivity contribution in [3.8, 4) is 5.75 Å². The highest BCUT2D eigenvalue weighted by atomic mass is 35.5. The first-order valence-electron chi connectivity index (χ1n) is 4.01. The van der Waals surface area contributed by atoms with E-state index in [2.05, 4.69) is 0 Å². The van der Waals surface area contributed by atoms with Gasteiger partial charge in [0, 0.05) is 0 Å². The maximum absolute atomic E-state index is 9.50. The van der Waals surface area contributed by atoms with Gasteiger partial charge in [-0.15, -0.1) is 0 Å². The molecule has 0 saturated heterocycles. The van der Waals surface area contributed by atoms with E-state index in [1.165, 1.54) is 6.07 Å². The molecule has 72 valence electrons. The van der Waals surface area contributed by atoms with Gasteiger partial charge in [-0.05, 0) is 30.7 Å². The van der Waals surface area contributed by atoms with Crippen LogP contribution in [-0.4, -0.2) is 16.8 Å². The smallest absolute Gasteiger partial charge is 0.134 e. The summed E-state index contributed by atoms with van der Waals surface area (Å²) in [6.07, 6.45) is -0.158. The number of aromatic hydroxyl groups is 1. The minimum Gasteiger partial charge on any atom is -0.506 e. The van der Waals surface area contributed by atoms with Gasteiger partial charge < -0.3 is 15.9 Å². The maximum atomic E-state index is 9.50. The van der Waals surface area contributed by atoms with Crippen molar-refractivity contribution in [2.45, 2.75) is 12.5 Å². The lowest BCUT2D eigenvalue weighted by Crippen LogP contribution is -2.06. The molecule has 13 heavy (non-hydrogen) atoms. The fraction of sp³-hybridized carbons (Fsp3) is 0.333. The van der Waals surface area contributed by atoms with E-state index in [0.717, 1.165) is 0 Å². The van der Waals surface area contributed by atoms with Gasteiger partial charge in [-0.1, -0.05) is 17.7 Å². The Morgan fingerprint density at radius 3 is 2.69 bits per heavy atom. The topological polar surface area (TPSA) is 66.5 Å². The second-order valence-electron chi connectivity index (χ2n) is 2.80. The number of phenols is 1. The average Bonchev–Trinajstić information content (AvgIpc) is 2.10. The molecule has 0 bridgehead atoms. The standard InChI is InChI=1S/C9H12ClNO2/c10-7-2-1-6(5-9(7)13)8(12)3-4-11/h1-2,5,8,12-13H,3-4,11H2. The molecule has 0 fully saturated rings. The van der Waals surface area contributed by atoms with Gasteiger partial charge in [-0.25, -0.2) is 0 Å². The molecule has 0 heterocycles. The van der Waals surface area contributed by atoms with Crippen molar-refractivity contribution in [1.82, 2.24) is 0 Å². The van der Waals surface area contributed by atoms with Crippen LogP contribution in [0, 0.1) is 0 Å². The third-order valence-electron chi connectivity index (χ3n) is 1.80. The van der Waals surface area contributed by atoms with Gasteiger partial charge in [0.05, 0.1) is 11.1 Å². The number of hydrogen-bond acceptors (Lipinski definition) is 3. The Kier molecular flexibility index (Phi) is 3.54. The van der Waals surface area contributed by atoms with Crippen molar-refractivity contribution < 1.29 is 10.2 Å². The van der Waals surface area contributed by atoms with Crippen LogP contribution in [0.3, 0.4) is 0 Å². The van der Waals surface area contributed by atoms with Gasteiger partial charge >= 0.3 is 0 Å². The minimum absolute atomic E-state index is 0.0183. The molecule has 1 atom stereocenters. The summed E-state index contributed by atoms with van der Waals surface area (Å²) in [7, 11) is 0. The predicted molar refractivity (Wildman–Crippen MR) is 51.7 cm³/mol. The van der Waals surface area contributed by atoms with Crippen LogP contribution in [0.5, 0.6) is 5.75 Å². The van der Waals surface area contributed by atoms with Crippen LogP contribution >= 0.6 is 11.6 Å². The summed E-state index contributed by atoms with van der Waals surface area (Å²) >= 11 is 5.61. The van der Waals surface area contributed by atoms with Gasteiger partial charge in [0.25, 0.3) is 0 Å². The van der Waals surface area contributed by atoms with Crippen LogP contribution in [0.25, 0.3) is 0 Å². The summed E-state index contributed by atoms with van der Waals surface area (Å²) < 4.78 is 0. The van der Waals surface area contributed by atoms with Crippen molar-refractivity contribution in [3.63, 3.8) is 0 Å². The number of aliphatic hydroxyl groups excluding tert-OH is 1. The number of hydrogen-bond donors (Lipinski definition) is 3. The molecular weight excluding hydrogens is 190 g/mol. The molecule has 0 aromatic heterocycles. The minimum atomic E-state index is -0.631. The van der Waals surface area contributed by atoms with Crippen LogP contribution in [0.1, 0.15) is 18.1 Å². The number of nitrogens with two attached hydrogens (primary N) is 1. The highest BCUT2D eigenvalue weighted by molar-refractivity contribution is 6.31. The highest BCUT2D eigenvalue weighted by Crippen LogP contribution is 2.27. The third kappa shape index (κ3) is 2.59. The normalized spacial score (nSPS) is 12.8. The maximum Gasteiger partial charge on any atom is 0.134 e. The molecule has 4 heteroatoms. The molecule has 0 aliphatic rings. The molecule has 0 spiro atoms. The largest absolute Gasteiger partial charge is 0.506 e. The number of benzene rings is 1. The second-order valence-corrected chi connectivity index (χ2v) is 3.21. The summed E-state index contributed by atoms with van der Waals surface area (Å²) in [5, 5.41) is 19.0. The first kappa shape index (κ1) is 10.3. The van der Waals surface area contributed by atoms with E-state index < -0.39 is 6.10 Å². The zero-order chi connectivity index (χ0) is 9.84. The molecule has 1 rings (SSSR count). The molecular formula is C9H12ClNO2. The van der Waals surface area contributed by atoms with E-state index >= 15 is 0 Å². The van der Waals surface area contributed by atoms with Gasteiger partial charge in [0.15, 0.2) is 0 Å². The van der Waals surface area contributed by atoms with E-state index in [4.69, 9.17) is 17.3 Å². The van der Waals surface area contributed by atoms with Gasteiger partial charge in [-0.3, -0.25) is 0 Å². The van der Waals surface area contributed by atoms with Crippen LogP contribution in [0.4, 0.5) is 0 Å². The van der Waals surface area contributed by atoms with E-state index in [1.807, 2.05) is 0 Å². The average molecular weight is 202 g/mol. The quantitative estimate of drug-likeness (QED) is 0.693. The summed E-state index contributed by atoms with van der Waals surface area (Å²) in [6.45, 7) is 0.407. The van der Waals surface area contributed by atoms with Crippen molar-refractivity contribution in [2.24, 2.45) is 5.73 Å². The second kappa shape index (κ2) is 4.46. The summed E-state index contributed by atoms with van der Waals surface area (Å²) in [5.41, 5.74) is 5.92. The Morgan fingerprint density at radius 2 is 2.15 bits per heavy atom. The molecule has 0 amide bonds. The Morgan fingerprint density at radius 1 is 1.46 bits per heavy atom. The first-order valence-corrected chi connectivity index (χ1v) is 4.39. The van der Waals surface area contributed by atoms with Gasteiger partial charge in [-0.2, -0.15) is 0 Å².